The van der Waals surface area contributed by atoms with Crippen molar-refractivity contribution >= 4 is 0 Å². The third-order valence-electron chi connectivity index (χ3n) is 2.19. The Morgan fingerprint density at radius 3 is 2.91 bits per heavy atom. The fourth-order valence-corrected chi connectivity index (χ4v) is 1.28. The van der Waals surface area contributed by atoms with Crippen LogP contribution in [0.2, 0.25) is 0 Å². The van der Waals surface area contributed by atoms with Crippen LogP contribution in [0.15, 0.2) is 12.4 Å². The second-order valence-electron chi connectivity index (χ2n) is 3.18. The highest BCUT2D eigenvalue weighted by Gasteiger charge is 2.32. The molecule has 0 radical (unpaired) electrons. The van der Waals surface area contributed by atoms with Crippen LogP contribution in [0.3, 0.4) is 0 Å². The zero-order valence-corrected chi connectivity index (χ0v) is 6.57. The molecule has 2 rings (SSSR count). The van der Waals surface area contributed by atoms with Crippen LogP contribution in [0.4, 0.5) is 0 Å². The van der Waals surface area contributed by atoms with Gasteiger partial charge in [-0.25, -0.2) is 4.98 Å². The average molecular weight is 152 g/mol. The Morgan fingerprint density at radius 2 is 2.45 bits per heavy atom. The lowest BCUT2D eigenvalue weighted by Crippen LogP contribution is -2.06. The van der Waals surface area contributed by atoms with Crippen molar-refractivity contribution < 1.29 is 5.11 Å². The minimum absolute atomic E-state index is 0.338. The second-order valence-corrected chi connectivity index (χ2v) is 3.18. The summed E-state index contributed by atoms with van der Waals surface area (Å²) < 4.78 is 1.88. The quantitative estimate of drug-likeness (QED) is 0.682. The maximum atomic E-state index is 9.65. The van der Waals surface area contributed by atoms with Crippen molar-refractivity contribution in [1.29, 1.82) is 0 Å². The molecule has 1 aliphatic carbocycles. The lowest BCUT2D eigenvalue weighted by atomic mass is 10.2. The van der Waals surface area contributed by atoms with Crippen molar-refractivity contribution in [1.82, 2.24) is 9.55 Å². The Labute approximate surface area is 65.7 Å². The van der Waals surface area contributed by atoms with Gasteiger partial charge in [0.15, 0.2) is 0 Å². The van der Waals surface area contributed by atoms with E-state index in [0.29, 0.717) is 5.92 Å². The van der Waals surface area contributed by atoms with E-state index in [-0.39, 0.29) is 6.10 Å². The summed E-state index contributed by atoms with van der Waals surface area (Å²) in [4.78, 5) is 4.09. The SMILES string of the molecule is Cn1ccnc1C(O)C1CC1. The smallest absolute Gasteiger partial charge is 0.137 e. The molecule has 1 heterocycles. The molecular formula is C8H12N2O. The average Bonchev–Trinajstić information content (AvgIpc) is 2.74. The van der Waals surface area contributed by atoms with Gasteiger partial charge in [0, 0.05) is 19.4 Å². The number of hydrogen-bond donors (Lipinski definition) is 1. The fourth-order valence-electron chi connectivity index (χ4n) is 1.28. The first-order chi connectivity index (χ1) is 5.29. The monoisotopic (exact) mass is 152 g/mol. The fraction of sp³-hybridized carbons (Fsp3) is 0.625. The normalized spacial score (nSPS) is 20.2. The molecule has 0 spiro atoms. The van der Waals surface area contributed by atoms with Gasteiger partial charge >= 0.3 is 0 Å². The third-order valence-corrected chi connectivity index (χ3v) is 2.19. The highest BCUT2D eigenvalue weighted by atomic mass is 16.3. The van der Waals surface area contributed by atoms with E-state index in [9.17, 15) is 5.11 Å². The van der Waals surface area contributed by atoms with Crippen LogP contribution >= 0.6 is 0 Å². The van der Waals surface area contributed by atoms with E-state index in [2.05, 4.69) is 4.98 Å². The van der Waals surface area contributed by atoms with Crippen LogP contribution in [-0.2, 0) is 7.05 Å². The second kappa shape index (κ2) is 2.34. The van der Waals surface area contributed by atoms with Crippen molar-refractivity contribution in [3.8, 4) is 0 Å². The van der Waals surface area contributed by atoms with Crippen LogP contribution in [-0.4, -0.2) is 14.7 Å². The molecule has 0 aliphatic heterocycles. The van der Waals surface area contributed by atoms with Gasteiger partial charge in [0.1, 0.15) is 11.9 Å². The zero-order valence-electron chi connectivity index (χ0n) is 6.57. The maximum absolute atomic E-state index is 9.65. The van der Waals surface area contributed by atoms with Gasteiger partial charge in [-0.2, -0.15) is 0 Å². The molecule has 1 aromatic rings. The molecule has 0 bridgehead atoms. The molecule has 1 saturated carbocycles. The van der Waals surface area contributed by atoms with Crippen molar-refractivity contribution in [2.45, 2.75) is 18.9 Å². The molecule has 1 atom stereocenters. The number of nitrogens with zero attached hydrogens (tertiary/aromatic N) is 2. The first-order valence-corrected chi connectivity index (χ1v) is 3.94. The Hall–Kier alpha value is -0.830. The van der Waals surface area contributed by atoms with E-state index in [4.69, 9.17) is 0 Å². The predicted octanol–water partition coefficient (Wildman–Crippen LogP) is 0.863. The first-order valence-electron chi connectivity index (χ1n) is 3.94. The molecule has 1 fully saturated rings. The summed E-state index contributed by atoms with van der Waals surface area (Å²) in [5.74, 6) is 1.27. The van der Waals surface area contributed by atoms with Crippen LogP contribution in [0.1, 0.15) is 24.8 Å². The van der Waals surface area contributed by atoms with Gasteiger partial charge in [-0.05, 0) is 18.8 Å². The number of aliphatic hydroxyl groups is 1. The van der Waals surface area contributed by atoms with Crippen LogP contribution < -0.4 is 0 Å². The number of hydrogen-bond acceptors (Lipinski definition) is 2. The van der Waals surface area contributed by atoms with E-state index >= 15 is 0 Å². The van der Waals surface area contributed by atoms with Gasteiger partial charge in [0.05, 0.1) is 0 Å². The van der Waals surface area contributed by atoms with E-state index in [1.165, 1.54) is 0 Å². The van der Waals surface area contributed by atoms with Crippen molar-refractivity contribution in [3.05, 3.63) is 18.2 Å². The Bertz CT molecular complexity index is 252. The lowest BCUT2D eigenvalue weighted by molar-refractivity contribution is 0.141. The van der Waals surface area contributed by atoms with E-state index in [0.717, 1.165) is 18.7 Å². The van der Waals surface area contributed by atoms with Gasteiger partial charge in [-0.3, -0.25) is 0 Å². The first kappa shape index (κ1) is 6.85. The van der Waals surface area contributed by atoms with E-state index in [1.807, 2.05) is 17.8 Å². The summed E-state index contributed by atoms with van der Waals surface area (Å²) in [6, 6.07) is 0. The van der Waals surface area contributed by atoms with Gasteiger partial charge in [-0.15, -0.1) is 0 Å². The van der Waals surface area contributed by atoms with E-state index in [1.54, 1.807) is 6.20 Å². The van der Waals surface area contributed by atoms with Crippen LogP contribution in [0, 0.1) is 5.92 Å². The number of aliphatic hydroxyl groups excluding tert-OH is 1. The number of aromatic nitrogens is 2. The number of aryl methyl sites for hydroxylation is 1. The molecule has 0 aromatic carbocycles. The lowest BCUT2D eigenvalue weighted by Gasteiger charge is -2.07. The zero-order chi connectivity index (χ0) is 7.84. The molecule has 60 valence electrons. The molecule has 0 saturated heterocycles. The van der Waals surface area contributed by atoms with Crippen molar-refractivity contribution in [2.75, 3.05) is 0 Å². The summed E-state index contributed by atoms with van der Waals surface area (Å²) in [7, 11) is 1.91. The Kier molecular flexibility index (Phi) is 1.46. The molecule has 0 amide bonds. The molecule has 1 aromatic heterocycles. The van der Waals surface area contributed by atoms with Gasteiger partial charge in [0.2, 0.25) is 0 Å². The predicted molar refractivity (Wildman–Crippen MR) is 40.9 cm³/mol. The molecule has 1 unspecified atom stereocenters. The molecule has 11 heavy (non-hydrogen) atoms. The summed E-state index contributed by atoms with van der Waals surface area (Å²) >= 11 is 0. The Balaban J connectivity index is 2.20. The largest absolute Gasteiger partial charge is 0.385 e. The summed E-state index contributed by atoms with van der Waals surface area (Å²) in [6.45, 7) is 0. The number of rotatable bonds is 2. The maximum Gasteiger partial charge on any atom is 0.137 e. The number of imidazole rings is 1. The molecule has 3 nitrogen and oxygen atoms in total. The van der Waals surface area contributed by atoms with Crippen molar-refractivity contribution in [3.63, 3.8) is 0 Å². The third kappa shape index (κ3) is 1.16. The standard InChI is InChI=1S/C8H12N2O/c1-10-5-4-9-8(10)7(11)6-2-3-6/h4-7,11H,2-3H2,1H3. The molecule has 1 N–H and O–H groups in total. The van der Waals surface area contributed by atoms with Crippen LogP contribution in [0.25, 0.3) is 0 Å². The van der Waals surface area contributed by atoms with Crippen LogP contribution in [0.5, 0.6) is 0 Å². The summed E-state index contributed by atoms with van der Waals surface area (Å²) in [6.07, 6.45) is 5.54. The molecule has 3 heteroatoms. The molecular weight excluding hydrogens is 140 g/mol. The summed E-state index contributed by atoms with van der Waals surface area (Å²) in [5.41, 5.74) is 0. The van der Waals surface area contributed by atoms with E-state index < -0.39 is 0 Å². The van der Waals surface area contributed by atoms with Gasteiger partial charge < -0.3 is 9.67 Å². The summed E-state index contributed by atoms with van der Waals surface area (Å²) in [5, 5.41) is 9.65. The minimum Gasteiger partial charge on any atom is -0.385 e. The minimum atomic E-state index is -0.338. The van der Waals surface area contributed by atoms with Gasteiger partial charge in [0.25, 0.3) is 0 Å². The highest BCUT2D eigenvalue weighted by Crippen LogP contribution is 2.39. The Morgan fingerprint density at radius 1 is 1.73 bits per heavy atom. The molecule has 1 aliphatic rings. The van der Waals surface area contributed by atoms with Gasteiger partial charge in [-0.1, -0.05) is 0 Å². The topological polar surface area (TPSA) is 38.0 Å². The van der Waals surface area contributed by atoms with Crippen molar-refractivity contribution in [2.24, 2.45) is 13.0 Å². The highest BCUT2D eigenvalue weighted by molar-refractivity contribution is 5.00.